The van der Waals surface area contributed by atoms with Crippen LogP contribution >= 0.6 is 0 Å². The van der Waals surface area contributed by atoms with Gasteiger partial charge in [0.2, 0.25) is 15.9 Å². The maximum absolute atomic E-state index is 13.0. The second-order valence-corrected chi connectivity index (χ2v) is 16.6. The number of anilines is 2. The van der Waals surface area contributed by atoms with Gasteiger partial charge in [-0.1, -0.05) is 10.6 Å². The number of nitrogens with one attached hydrogen (secondary N) is 1. The molecule has 2 atom stereocenters. The van der Waals surface area contributed by atoms with Crippen LogP contribution in [0.25, 0.3) is 0 Å². The van der Waals surface area contributed by atoms with Gasteiger partial charge in [-0.05, 0) is 86.3 Å². The summed E-state index contributed by atoms with van der Waals surface area (Å²) in [6.07, 6.45) is 0.0304. The number of halogens is 1. The van der Waals surface area contributed by atoms with Crippen LogP contribution in [0.2, 0.25) is 0 Å². The molecule has 0 aliphatic carbocycles. The molecule has 3 aromatic carbocycles. The molecule has 3 aromatic rings. The Hall–Kier alpha value is -3.74. The molecule has 2 aliphatic heterocycles. The van der Waals surface area contributed by atoms with Gasteiger partial charge in [-0.2, -0.15) is 0 Å². The van der Waals surface area contributed by atoms with Gasteiger partial charge in [-0.25, -0.2) is 34.4 Å². The number of aliphatic hydroxyl groups excluding tert-OH is 1. The van der Waals surface area contributed by atoms with Crippen molar-refractivity contribution in [2.45, 2.75) is 40.6 Å². The fraction of sp³-hybridized carbons (Fsp3) is 0.310. The van der Waals surface area contributed by atoms with Gasteiger partial charge in [-0.3, -0.25) is 9.59 Å². The van der Waals surface area contributed by atoms with Gasteiger partial charge in [0.05, 0.1) is 14.7 Å². The molecule has 5 rings (SSSR count). The summed E-state index contributed by atoms with van der Waals surface area (Å²) in [4.78, 5) is 26.2. The molecule has 2 saturated heterocycles. The van der Waals surface area contributed by atoms with Crippen molar-refractivity contribution < 1.29 is 44.3 Å². The van der Waals surface area contributed by atoms with Gasteiger partial charge in [-0.15, -0.1) is 0 Å². The Balaban J connectivity index is 0.000000230. The number of amides is 2. The summed E-state index contributed by atoms with van der Waals surface area (Å²) in [5, 5.41) is 9.52. The van der Waals surface area contributed by atoms with Crippen molar-refractivity contribution in [1.82, 2.24) is 8.43 Å². The summed E-state index contributed by atoms with van der Waals surface area (Å²) in [7, 11) is -10.00. The molecule has 0 aromatic heterocycles. The highest BCUT2D eigenvalue weighted by atomic mass is 32.3. The summed E-state index contributed by atoms with van der Waals surface area (Å²) in [5.41, 5.74) is 1.14. The molecule has 0 bridgehead atoms. The smallest absolute Gasteiger partial charge is 0.256 e. The largest absolute Gasteiger partial charge is 0.383 e. The van der Waals surface area contributed by atoms with Crippen molar-refractivity contribution in [1.29, 1.82) is 0 Å². The van der Waals surface area contributed by atoms with Gasteiger partial charge >= 0.3 is 0 Å². The van der Waals surface area contributed by atoms with Crippen molar-refractivity contribution >= 4 is 53.3 Å². The third-order valence-corrected chi connectivity index (χ3v) is 13.3. The van der Waals surface area contributed by atoms with E-state index in [1.807, 2.05) is 6.92 Å². The van der Waals surface area contributed by atoms with Crippen LogP contribution in [0.1, 0.15) is 19.8 Å². The van der Waals surface area contributed by atoms with Crippen molar-refractivity contribution in [2.75, 3.05) is 37.0 Å². The summed E-state index contributed by atoms with van der Waals surface area (Å²) in [6.45, 7) is 2.89. The van der Waals surface area contributed by atoms with Gasteiger partial charge in [0.25, 0.3) is 26.0 Å². The first-order valence-electron chi connectivity index (χ1n) is 13.9. The molecule has 13 nitrogen and oxygen atoms in total. The lowest BCUT2D eigenvalue weighted by Crippen LogP contribution is -2.33. The van der Waals surface area contributed by atoms with E-state index in [1.165, 1.54) is 48.3 Å². The first-order valence-corrected chi connectivity index (χ1v) is 18.3. The van der Waals surface area contributed by atoms with Gasteiger partial charge < -0.3 is 14.9 Å². The molecule has 2 amide bonds. The predicted octanol–water partition coefficient (Wildman–Crippen LogP) is 1.90. The van der Waals surface area contributed by atoms with Crippen molar-refractivity contribution in [2.24, 2.45) is 5.92 Å². The number of sulfonamides is 3. The molecule has 17 heteroatoms. The number of benzene rings is 3. The Labute approximate surface area is 267 Å². The molecular weight excluding hydrogens is 664 g/mol. The summed E-state index contributed by atoms with van der Waals surface area (Å²) in [5.74, 6) is -0.988. The number of rotatable bonds is 8. The number of hydrogen-bond donors (Lipinski definition) is 2. The molecule has 0 radical (unpaired) electrons. The van der Waals surface area contributed by atoms with Gasteiger partial charge in [0.1, 0.15) is 11.9 Å². The van der Waals surface area contributed by atoms with Crippen LogP contribution in [-0.2, 0) is 39.7 Å². The Bertz CT molecular complexity index is 1920. The summed E-state index contributed by atoms with van der Waals surface area (Å²) in [6, 6.07) is 15.2. The van der Waals surface area contributed by atoms with Crippen LogP contribution in [0.15, 0.2) is 87.5 Å². The zero-order valence-electron chi connectivity index (χ0n) is 25.1. The van der Waals surface area contributed by atoms with Crippen molar-refractivity contribution in [3.63, 3.8) is 0 Å². The number of carbonyl (C=O) groups excluding carboxylic acids is 2. The highest BCUT2D eigenvalue weighted by molar-refractivity contribution is 8.04. The van der Waals surface area contributed by atoms with Gasteiger partial charge in [0, 0.05) is 43.9 Å². The lowest BCUT2D eigenvalue weighted by Gasteiger charge is -2.19. The van der Waals surface area contributed by atoms with Crippen LogP contribution in [-0.4, -0.2) is 79.2 Å². The molecular formula is C29H33FN4O9S3. The molecule has 2 unspecified atom stereocenters. The number of aliphatic hydroxyl groups is 1. The third kappa shape index (κ3) is 7.13. The Kier molecular flexibility index (Phi) is 10.3. The second-order valence-electron chi connectivity index (χ2n) is 10.5. The van der Waals surface area contributed by atoms with Crippen LogP contribution in [0.3, 0.4) is 0 Å². The van der Waals surface area contributed by atoms with Crippen LogP contribution in [0, 0.1) is 11.7 Å². The Morgan fingerprint density at radius 2 is 1.13 bits per heavy atom. The minimum atomic E-state index is -4.42. The predicted molar refractivity (Wildman–Crippen MR) is 167 cm³/mol. The van der Waals surface area contributed by atoms with E-state index in [-0.39, 0.29) is 36.6 Å². The van der Waals surface area contributed by atoms with E-state index >= 15 is 0 Å². The number of nitrogens with zero attached hydrogens (tertiary/aromatic N) is 3. The molecule has 46 heavy (non-hydrogen) atoms. The van der Waals surface area contributed by atoms with Gasteiger partial charge in [0.15, 0.2) is 0 Å². The number of carbonyl (C=O) groups is 2. The van der Waals surface area contributed by atoms with E-state index in [4.69, 9.17) is 0 Å². The van der Waals surface area contributed by atoms with Crippen LogP contribution in [0.4, 0.5) is 15.8 Å². The Morgan fingerprint density at radius 3 is 1.52 bits per heavy atom. The standard InChI is InChI=1S/C17H17FN2O6S2.C12H16N2O3S/c1-19(27(23,24)14-6-2-12(18)3-7-14)28(25,26)15-8-4-13(5-9-15)20-11-10-16(21)17(20)22;1-9-7-8-14(12(9)15)10-3-5-11(6-4-10)18(16,17)13-2/h2-9,16,21H,10-11H2,1H3;3-6,9,13H,7-8H2,1-2H3. The monoisotopic (exact) mass is 696 g/mol. The van der Waals surface area contributed by atoms with E-state index < -0.39 is 47.9 Å². The maximum atomic E-state index is 13.0. The summed E-state index contributed by atoms with van der Waals surface area (Å²) < 4.78 is 89.2. The molecule has 0 saturated carbocycles. The minimum Gasteiger partial charge on any atom is -0.383 e. The SMILES string of the molecule is CN(S(=O)(=O)c1ccc(F)cc1)S(=O)(=O)c1ccc(N2CCC(O)C2=O)cc1.CNS(=O)(=O)c1ccc(N2CCC(C)C2=O)cc1. The van der Waals surface area contributed by atoms with Crippen molar-refractivity contribution in [3.05, 3.63) is 78.6 Å². The highest BCUT2D eigenvalue weighted by Gasteiger charge is 2.34. The summed E-state index contributed by atoms with van der Waals surface area (Å²) >= 11 is 0. The van der Waals surface area contributed by atoms with E-state index in [9.17, 15) is 44.3 Å². The minimum absolute atomic E-state index is 0.0470. The lowest BCUT2D eigenvalue weighted by atomic mass is 10.1. The molecule has 2 aliphatic rings. The van der Waals surface area contributed by atoms with E-state index in [0.717, 1.165) is 43.4 Å². The first-order chi connectivity index (χ1) is 21.5. The molecule has 248 valence electrons. The van der Waals surface area contributed by atoms with Crippen LogP contribution < -0.4 is 14.5 Å². The third-order valence-electron chi connectivity index (χ3n) is 7.61. The lowest BCUT2D eigenvalue weighted by molar-refractivity contribution is -0.124. The van der Waals surface area contributed by atoms with Crippen molar-refractivity contribution in [3.8, 4) is 0 Å². The topological polar surface area (TPSA) is 179 Å². The number of hydrogen-bond acceptors (Lipinski definition) is 9. The van der Waals surface area contributed by atoms with E-state index in [1.54, 1.807) is 17.0 Å². The fourth-order valence-electron chi connectivity index (χ4n) is 4.75. The normalized spacial score (nSPS) is 19.0. The molecule has 2 heterocycles. The molecule has 2 N–H and O–H groups in total. The molecule has 0 spiro atoms. The average Bonchev–Trinajstić information content (AvgIpc) is 3.56. The zero-order valence-corrected chi connectivity index (χ0v) is 27.5. The second kappa shape index (κ2) is 13.5. The quantitative estimate of drug-likeness (QED) is 0.356. The van der Waals surface area contributed by atoms with E-state index in [0.29, 0.717) is 18.8 Å². The maximum Gasteiger partial charge on any atom is 0.256 e. The molecule has 2 fully saturated rings. The fourth-order valence-corrected chi connectivity index (χ4v) is 8.59. The highest BCUT2D eigenvalue weighted by Crippen LogP contribution is 2.28. The van der Waals surface area contributed by atoms with E-state index in [2.05, 4.69) is 4.72 Å². The van der Waals surface area contributed by atoms with Crippen LogP contribution in [0.5, 0.6) is 0 Å². The average molecular weight is 697 g/mol. The Morgan fingerprint density at radius 1 is 0.717 bits per heavy atom. The first kappa shape index (κ1) is 35.1. The zero-order chi connectivity index (χ0) is 34.0.